The van der Waals surface area contributed by atoms with Crippen LogP contribution in [0.2, 0.25) is 0 Å². The average Bonchev–Trinajstić information content (AvgIpc) is 2.77. The van der Waals surface area contributed by atoms with Crippen LogP contribution in [0.5, 0.6) is 0 Å². The number of hydrogen-bond donors (Lipinski definition) is 5. The molecule has 2 aromatic carbocycles. The number of aliphatic hydroxyl groups is 1. The first kappa shape index (κ1) is 25.4. The van der Waals surface area contributed by atoms with Crippen LogP contribution in [-0.4, -0.2) is 46.4 Å². The minimum atomic E-state index is -1.25. The third-order valence-electron chi connectivity index (χ3n) is 5.75. The molecular weight excluding hydrogens is 406 g/mol. The van der Waals surface area contributed by atoms with E-state index in [0.29, 0.717) is 25.7 Å². The molecule has 0 bridgehead atoms. The first-order valence-electron chi connectivity index (χ1n) is 11.1. The van der Waals surface area contributed by atoms with Gasteiger partial charge in [-0.15, -0.1) is 0 Å². The van der Waals surface area contributed by atoms with Crippen molar-refractivity contribution in [2.75, 3.05) is 0 Å². The molecule has 174 valence electrons. The second kappa shape index (κ2) is 12.8. The van der Waals surface area contributed by atoms with Gasteiger partial charge < -0.3 is 26.6 Å². The van der Waals surface area contributed by atoms with E-state index in [1.807, 2.05) is 74.5 Å². The maximum absolute atomic E-state index is 13.0. The highest BCUT2D eigenvalue weighted by Gasteiger charge is 2.30. The van der Waals surface area contributed by atoms with Gasteiger partial charge >= 0.3 is 6.09 Å². The van der Waals surface area contributed by atoms with Gasteiger partial charge in [0.2, 0.25) is 5.91 Å². The van der Waals surface area contributed by atoms with Gasteiger partial charge in [0.15, 0.2) is 0 Å². The Balaban J connectivity index is 2.13. The number of carboxylic acid groups (broad SMARTS) is 1. The van der Waals surface area contributed by atoms with Crippen LogP contribution in [0, 0.1) is 5.92 Å². The van der Waals surface area contributed by atoms with E-state index in [1.165, 1.54) is 0 Å². The van der Waals surface area contributed by atoms with Crippen LogP contribution in [0.4, 0.5) is 4.79 Å². The first-order chi connectivity index (χ1) is 15.3. The lowest BCUT2D eigenvalue weighted by atomic mass is 9.93. The molecule has 2 amide bonds. The molecule has 0 aromatic heterocycles. The number of carbonyl (C=O) groups is 2. The third kappa shape index (κ3) is 8.32. The summed E-state index contributed by atoms with van der Waals surface area (Å²) in [4.78, 5) is 24.2. The lowest BCUT2D eigenvalue weighted by Crippen LogP contribution is -2.55. The second-order valence-corrected chi connectivity index (χ2v) is 8.37. The normalized spacial score (nSPS) is 15.8. The highest BCUT2D eigenvalue weighted by Crippen LogP contribution is 2.14. The van der Waals surface area contributed by atoms with E-state index in [2.05, 4.69) is 10.6 Å². The summed E-state index contributed by atoms with van der Waals surface area (Å²) in [5.41, 5.74) is 8.34. The van der Waals surface area contributed by atoms with E-state index < -0.39 is 30.2 Å². The fraction of sp³-hybridized carbons (Fsp3) is 0.440. The Labute approximate surface area is 190 Å². The van der Waals surface area contributed by atoms with Crippen LogP contribution in [0.1, 0.15) is 37.8 Å². The van der Waals surface area contributed by atoms with Gasteiger partial charge in [-0.3, -0.25) is 4.79 Å². The van der Waals surface area contributed by atoms with E-state index >= 15 is 0 Å². The number of nitrogens with one attached hydrogen (secondary N) is 2. The van der Waals surface area contributed by atoms with Crippen molar-refractivity contribution in [2.24, 2.45) is 11.7 Å². The molecule has 0 aliphatic carbocycles. The molecule has 0 heterocycles. The summed E-state index contributed by atoms with van der Waals surface area (Å²) in [7, 11) is 0. The van der Waals surface area contributed by atoms with Gasteiger partial charge in [-0.25, -0.2) is 4.79 Å². The van der Waals surface area contributed by atoms with Gasteiger partial charge in [0.25, 0.3) is 0 Å². The van der Waals surface area contributed by atoms with E-state index in [9.17, 15) is 14.7 Å². The standard InChI is InChI=1S/C25H35N3O4/c1-3-17(2)23(28-25(31)32)24(30)27-21(15-19-12-8-5-9-13-19)22(29)16-20(26)14-18-10-6-4-7-11-18/h4-13,17,20-23,28-29H,3,14-16,26H2,1-2H3,(H,27,30)(H,31,32)/t17-,20-,21-,22+,23-/m0/s1. The van der Waals surface area contributed by atoms with E-state index in [4.69, 9.17) is 10.8 Å². The summed E-state index contributed by atoms with van der Waals surface area (Å²) in [6.07, 6.45) is -0.193. The second-order valence-electron chi connectivity index (χ2n) is 8.37. The summed E-state index contributed by atoms with van der Waals surface area (Å²) in [6.45, 7) is 3.71. The molecule has 0 spiro atoms. The number of nitrogens with two attached hydrogens (primary N) is 1. The lowest BCUT2D eigenvalue weighted by molar-refractivity contribution is -0.125. The van der Waals surface area contributed by atoms with Gasteiger partial charge in [0.1, 0.15) is 6.04 Å². The van der Waals surface area contributed by atoms with Crippen molar-refractivity contribution in [1.82, 2.24) is 10.6 Å². The molecular formula is C25H35N3O4. The van der Waals surface area contributed by atoms with E-state index in [1.54, 1.807) is 0 Å². The molecule has 2 rings (SSSR count). The van der Waals surface area contributed by atoms with Gasteiger partial charge in [-0.2, -0.15) is 0 Å². The Morgan fingerprint density at radius 3 is 1.97 bits per heavy atom. The van der Waals surface area contributed by atoms with Crippen molar-refractivity contribution >= 4 is 12.0 Å². The zero-order valence-corrected chi connectivity index (χ0v) is 18.8. The van der Waals surface area contributed by atoms with Gasteiger partial charge in [-0.1, -0.05) is 80.9 Å². The molecule has 0 saturated heterocycles. The van der Waals surface area contributed by atoms with Crippen molar-refractivity contribution in [2.45, 2.75) is 63.8 Å². The monoisotopic (exact) mass is 441 g/mol. The smallest absolute Gasteiger partial charge is 0.405 e. The fourth-order valence-corrected chi connectivity index (χ4v) is 3.73. The Morgan fingerprint density at radius 1 is 0.938 bits per heavy atom. The largest absolute Gasteiger partial charge is 0.465 e. The van der Waals surface area contributed by atoms with Gasteiger partial charge in [0, 0.05) is 6.04 Å². The van der Waals surface area contributed by atoms with E-state index in [-0.39, 0.29) is 12.0 Å². The summed E-state index contributed by atoms with van der Waals surface area (Å²) in [5.74, 6) is -0.640. The Kier molecular flexibility index (Phi) is 10.2. The molecule has 7 nitrogen and oxygen atoms in total. The fourth-order valence-electron chi connectivity index (χ4n) is 3.73. The molecule has 7 heteroatoms. The first-order valence-corrected chi connectivity index (χ1v) is 11.1. The van der Waals surface area contributed by atoms with Gasteiger partial charge in [-0.05, 0) is 36.3 Å². The zero-order chi connectivity index (χ0) is 23.5. The maximum Gasteiger partial charge on any atom is 0.405 e. The van der Waals surface area contributed by atoms with Crippen molar-refractivity contribution in [3.8, 4) is 0 Å². The Hall–Kier alpha value is -2.90. The molecule has 2 aromatic rings. The third-order valence-corrected chi connectivity index (χ3v) is 5.75. The molecule has 0 unspecified atom stereocenters. The van der Waals surface area contributed by atoms with Crippen LogP contribution in [0.25, 0.3) is 0 Å². The van der Waals surface area contributed by atoms with Crippen LogP contribution in [0.15, 0.2) is 60.7 Å². The quantitative estimate of drug-likeness (QED) is 0.346. The maximum atomic E-state index is 13.0. The SMILES string of the molecule is CC[C@H](C)[C@H](NC(=O)O)C(=O)N[C@@H](Cc1ccccc1)[C@H](O)C[C@@H](N)Cc1ccccc1. The highest BCUT2D eigenvalue weighted by atomic mass is 16.4. The molecule has 6 N–H and O–H groups in total. The summed E-state index contributed by atoms with van der Waals surface area (Å²) >= 11 is 0. The minimum absolute atomic E-state index is 0.194. The Bertz CT molecular complexity index is 832. The van der Waals surface area contributed by atoms with Crippen molar-refractivity contribution in [3.05, 3.63) is 71.8 Å². The number of benzene rings is 2. The number of hydrogen-bond acceptors (Lipinski definition) is 4. The number of rotatable bonds is 12. The molecule has 0 aliphatic heterocycles. The predicted molar refractivity (Wildman–Crippen MR) is 125 cm³/mol. The average molecular weight is 442 g/mol. The summed E-state index contributed by atoms with van der Waals surface area (Å²) in [5, 5.41) is 25.3. The molecule has 5 atom stereocenters. The van der Waals surface area contributed by atoms with Crippen LogP contribution in [0.3, 0.4) is 0 Å². The van der Waals surface area contributed by atoms with E-state index in [0.717, 1.165) is 11.1 Å². The Morgan fingerprint density at radius 2 is 1.47 bits per heavy atom. The zero-order valence-electron chi connectivity index (χ0n) is 18.8. The van der Waals surface area contributed by atoms with Gasteiger partial charge in [0.05, 0.1) is 12.1 Å². The van der Waals surface area contributed by atoms with Crippen LogP contribution < -0.4 is 16.4 Å². The predicted octanol–water partition coefficient (Wildman–Crippen LogP) is 2.72. The van der Waals surface area contributed by atoms with Crippen molar-refractivity contribution in [3.63, 3.8) is 0 Å². The number of aliphatic hydroxyl groups excluding tert-OH is 1. The molecule has 0 saturated carbocycles. The molecule has 32 heavy (non-hydrogen) atoms. The molecule has 0 radical (unpaired) electrons. The molecule has 0 aliphatic rings. The lowest BCUT2D eigenvalue weighted by Gasteiger charge is -2.30. The topological polar surface area (TPSA) is 125 Å². The van der Waals surface area contributed by atoms with Crippen molar-refractivity contribution < 1.29 is 19.8 Å². The molecule has 0 fully saturated rings. The van der Waals surface area contributed by atoms with Crippen LogP contribution >= 0.6 is 0 Å². The highest BCUT2D eigenvalue weighted by molar-refractivity contribution is 5.85. The minimum Gasteiger partial charge on any atom is -0.465 e. The summed E-state index contributed by atoms with van der Waals surface area (Å²) in [6, 6.07) is 17.6. The number of carbonyl (C=O) groups excluding carboxylic acids is 1. The van der Waals surface area contributed by atoms with Crippen molar-refractivity contribution in [1.29, 1.82) is 0 Å². The van der Waals surface area contributed by atoms with Crippen LogP contribution in [-0.2, 0) is 17.6 Å². The number of amides is 2. The summed E-state index contributed by atoms with van der Waals surface area (Å²) < 4.78 is 0.